The summed E-state index contributed by atoms with van der Waals surface area (Å²) in [5.41, 5.74) is -0.136. The van der Waals surface area contributed by atoms with E-state index in [0.717, 1.165) is 12.3 Å². The third-order valence-corrected chi connectivity index (χ3v) is 3.15. The molecule has 0 aliphatic heterocycles. The zero-order valence-electron chi connectivity index (χ0n) is 10.6. The second kappa shape index (κ2) is 4.45. The minimum atomic E-state index is -0.789. The second-order valence-electron chi connectivity index (χ2n) is 4.49. The van der Waals surface area contributed by atoms with Crippen LogP contribution in [-0.4, -0.2) is 20.4 Å². The summed E-state index contributed by atoms with van der Waals surface area (Å²) in [4.78, 5) is 12.4. The molecule has 0 radical (unpaired) electrons. The molecule has 0 saturated carbocycles. The molecular formula is C15H10O6. The molecule has 0 aliphatic rings. The van der Waals surface area contributed by atoms with E-state index in [-0.39, 0.29) is 22.3 Å². The molecule has 3 aromatic rings. The Morgan fingerprint density at radius 1 is 0.952 bits per heavy atom. The smallest absolute Gasteiger partial charge is 0.204 e. The van der Waals surface area contributed by atoms with E-state index in [9.17, 15) is 25.2 Å². The van der Waals surface area contributed by atoms with Gasteiger partial charge in [0.25, 0.3) is 0 Å². The number of fused-ring (bicyclic) bond motifs is 1. The van der Waals surface area contributed by atoms with Crippen LogP contribution in [0.15, 0.2) is 45.8 Å². The van der Waals surface area contributed by atoms with Gasteiger partial charge < -0.3 is 24.8 Å². The molecule has 4 N–H and O–H groups in total. The van der Waals surface area contributed by atoms with Crippen LogP contribution in [0.1, 0.15) is 0 Å². The summed E-state index contributed by atoms with van der Waals surface area (Å²) < 4.78 is 5.22. The van der Waals surface area contributed by atoms with Crippen LogP contribution in [0.4, 0.5) is 0 Å². The van der Waals surface area contributed by atoms with E-state index < -0.39 is 22.7 Å². The van der Waals surface area contributed by atoms with Crippen LogP contribution in [0.2, 0.25) is 0 Å². The maximum atomic E-state index is 12.4. The second-order valence-corrected chi connectivity index (χ2v) is 4.49. The first-order valence-corrected chi connectivity index (χ1v) is 5.98. The zero-order chi connectivity index (χ0) is 15.1. The molecule has 0 fully saturated rings. The summed E-state index contributed by atoms with van der Waals surface area (Å²) in [6.07, 6.45) is 1.16. The molecule has 0 amide bonds. The molecular weight excluding hydrogens is 276 g/mol. The molecule has 0 spiro atoms. The fourth-order valence-corrected chi connectivity index (χ4v) is 2.12. The normalized spacial score (nSPS) is 10.9. The van der Waals surface area contributed by atoms with Crippen molar-refractivity contribution in [3.63, 3.8) is 0 Å². The summed E-state index contributed by atoms with van der Waals surface area (Å²) in [5.74, 6) is -2.15. The standard InChI is InChI=1S/C15H10O6/c16-8-3-1-2-7(4-8)9-6-21-11-5-10(17)14(19)15(20)12(11)13(9)18/h1-6,16-17,19-20H. The molecule has 1 heterocycles. The van der Waals surface area contributed by atoms with Gasteiger partial charge in [0.05, 0.1) is 5.56 Å². The SMILES string of the molecule is O=c1c(-c2cccc(O)c2)coc2cc(O)c(O)c(O)c12. The highest BCUT2D eigenvalue weighted by Crippen LogP contribution is 2.40. The number of aromatic hydroxyl groups is 4. The molecule has 0 aliphatic carbocycles. The lowest BCUT2D eigenvalue weighted by Crippen LogP contribution is -2.05. The van der Waals surface area contributed by atoms with E-state index in [1.54, 1.807) is 12.1 Å². The van der Waals surface area contributed by atoms with E-state index >= 15 is 0 Å². The number of rotatable bonds is 1. The number of hydrogen-bond donors (Lipinski definition) is 4. The van der Waals surface area contributed by atoms with E-state index in [1.807, 2.05) is 0 Å². The van der Waals surface area contributed by atoms with E-state index in [2.05, 4.69) is 0 Å². The molecule has 6 heteroatoms. The van der Waals surface area contributed by atoms with E-state index in [0.29, 0.717) is 5.56 Å². The van der Waals surface area contributed by atoms with Gasteiger partial charge >= 0.3 is 0 Å². The monoisotopic (exact) mass is 286 g/mol. The summed E-state index contributed by atoms with van der Waals surface area (Å²) in [6.45, 7) is 0. The fourth-order valence-electron chi connectivity index (χ4n) is 2.12. The Morgan fingerprint density at radius 2 is 1.71 bits per heavy atom. The fraction of sp³-hybridized carbons (Fsp3) is 0. The number of phenols is 4. The third-order valence-electron chi connectivity index (χ3n) is 3.15. The lowest BCUT2D eigenvalue weighted by molar-refractivity contribution is 0.370. The zero-order valence-corrected chi connectivity index (χ0v) is 10.6. The summed E-state index contributed by atoms with van der Waals surface area (Å²) in [5, 5.41) is 38.0. The van der Waals surface area contributed by atoms with Crippen LogP contribution in [0.3, 0.4) is 0 Å². The first-order chi connectivity index (χ1) is 9.99. The molecule has 2 aromatic carbocycles. The molecule has 1 aromatic heterocycles. The van der Waals surface area contributed by atoms with E-state index in [4.69, 9.17) is 4.42 Å². The van der Waals surface area contributed by atoms with Gasteiger partial charge in [-0.15, -0.1) is 0 Å². The van der Waals surface area contributed by atoms with Gasteiger partial charge in [0.1, 0.15) is 23.0 Å². The first kappa shape index (κ1) is 12.9. The van der Waals surface area contributed by atoms with Crippen molar-refractivity contribution in [2.24, 2.45) is 0 Å². The van der Waals surface area contributed by atoms with E-state index in [1.165, 1.54) is 12.1 Å². The average Bonchev–Trinajstić information content (AvgIpc) is 2.45. The van der Waals surface area contributed by atoms with Crippen molar-refractivity contribution in [2.75, 3.05) is 0 Å². The highest BCUT2D eigenvalue weighted by atomic mass is 16.3. The number of benzene rings is 2. The molecule has 0 unspecified atom stereocenters. The Kier molecular flexibility index (Phi) is 2.72. The van der Waals surface area contributed by atoms with Gasteiger partial charge in [-0.3, -0.25) is 4.79 Å². The molecule has 0 saturated heterocycles. The van der Waals surface area contributed by atoms with Gasteiger partial charge in [0.2, 0.25) is 11.2 Å². The quantitative estimate of drug-likeness (QED) is 0.511. The predicted molar refractivity (Wildman–Crippen MR) is 74.6 cm³/mol. The lowest BCUT2D eigenvalue weighted by atomic mass is 10.0. The largest absolute Gasteiger partial charge is 0.508 e. The minimum Gasteiger partial charge on any atom is -0.508 e. The van der Waals surface area contributed by atoms with Gasteiger partial charge in [-0.05, 0) is 17.7 Å². The molecule has 3 rings (SSSR count). The van der Waals surface area contributed by atoms with Crippen LogP contribution in [0.5, 0.6) is 23.0 Å². The Hall–Kier alpha value is -3.15. The Balaban J connectivity index is 2.38. The van der Waals surface area contributed by atoms with Crippen molar-refractivity contribution >= 4 is 11.0 Å². The Bertz CT molecular complexity index is 910. The Morgan fingerprint density at radius 3 is 2.43 bits per heavy atom. The maximum absolute atomic E-state index is 12.4. The first-order valence-electron chi connectivity index (χ1n) is 5.98. The van der Waals surface area contributed by atoms with Crippen LogP contribution in [-0.2, 0) is 0 Å². The average molecular weight is 286 g/mol. The van der Waals surface area contributed by atoms with Gasteiger partial charge in [0.15, 0.2) is 11.5 Å². The number of phenolic OH excluding ortho intramolecular Hbond substituents is 4. The van der Waals surface area contributed by atoms with Crippen molar-refractivity contribution in [1.82, 2.24) is 0 Å². The van der Waals surface area contributed by atoms with Crippen molar-refractivity contribution < 1.29 is 24.8 Å². The van der Waals surface area contributed by atoms with Crippen LogP contribution in [0, 0.1) is 0 Å². The van der Waals surface area contributed by atoms with Gasteiger partial charge in [-0.2, -0.15) is 0 Å². The lowest BCUT2D eigenvalue weighted by Gasteiger charge is -2.07. The predicted octanol–water partition coefficient (Wildman–Crippen LogP) is 2.28. The van der Waals surface area contributed by atoms with Crippen LogP contribution < -0.4 is 5.43 Å². The van der Waals surface area contributed by atoms with Crippen molar-refractivity contribution in [3.05, 3.63) is 46.8 Å². The van der Waals surface area contributed by atoms with Gasteiger partial charge in [0, 0.05) is 6.07 Å². The Labute approximate surface area is 117 Å². The highest BCUT2D eigenvalue weighted by Gasteiger charge is 2.18. The topological polar surface area (TPSA) is 111 Å². The van der Waals surface area contributed by atoms with Gasteiger partial charge in [-0.1, -0.05) is 12.1 Å². The molecule has 106 valence electrons. The van der Waals surface area contributed by atoms with Crippen molar-refractivity contribution in [3.8, 4) is 34.1 Å². The van der Waals surface area contributed by atoms with Crippen molar-refractivity contribution in [1.29, 1.82) is 0 Å². The third kappa shape index (κ3) is 1.93. The summed E-state index contributed by atoms with van der Waals surface area (Å²) in [7, 11) is 0. The highest BCUT2D eigenvalue weighted by molar-refractivity contribution is 5.90. The van der Waals surface area contributed by atoms with Crippen molar-refractivity contribution in [2.45, 2.75) is 0 Å². The molecule has 0 bridgehead atoms. The molecule has 6 nitrogen and oxygen atoms in total. The minimum absolute atomic E-state index is 0.0234. The van der Waals surface area contributed by atoms with Gasteiger partial charge in [-0.25, -0.2) is 0 Å². The summed E-state index contributed by atoms with van der Waals surface area (Å²) >= 11 is 0. The molecule has 21 heavy (non-hydrogen) atoms. The van der Waals surface area contributed by atoms with Crippen LogP contribution in [0.25, 0.3) is 22.1 Å². The van der Waals surface area contributed by atoms with Crippen LogP contribution >= 0.6 is 0 Å². The maximum Gasteiger partial charge on any atom is 0.204 e. The number of hydrogen-bond acceptors (Lipinski definition) is 6. The summed E-state index contributed by atoms with van der Waals surface area (Å²) in [6, 6.07) is 7.01. The molecule has 0 atom stereocenters.